The Kier molecular flexibility index (Phi) is 6.11. The van der Waals surface area contributed by atoms with E-state index < -0.39 is 23.9 Å². The van der Waals surface area contributed by atoms with E-state index in [0.29, 0.717) is 11.1 Å². The van der Waals surface area contributed by atoms with E-state index in [4.69, 9.17) is 20.4 Å². The van der Waals surface area contributed by atoms with Gasteiger partial charge in [0, 0.05) is 23.5 Å². The van der Waals surface area contributed by atoms with Gasteiger partial charge in [0.1, 0.15) is 31.2 Å². The third-order valence-electron chi connectivity index (χ3n) is 4.00. The van der Waals surface area contributed by atoms with Gasteiger partial charge in [0.2, 0.25) is 0 Å². The van der Waals surface area contributed by atoms with E-state index >= 15 is 0 Å². The second-order valence-electron chi connectivity index (χ2n) is 5.80. The van der Waals surface area contributed by atoms with Crippen molar-refractivity contribution in [2.75, 3.05) is 13.2 Å². The zero-order valence-electron chi connectivity index (χ0n) is 14.3. The lowest BCUT2D eigenvalue weighted by molar-refractivity contribution is -0.122. The van der Waals surface area contributed by atoms with Crippen LogP contribution in [-0.2, 0) is 15.1 Å². The summed E-state index contributed by atoms with van der Waals surface area (Å²) in [5.41, 5.74) is 4.26. The summed E-state index contributed by atoms with van der Waals surface area (Å²) < 4.78 is 48.5. The molecule has 0 fully saturated rings. The number of alkyl halides is 2. The minimum Gasteiger partial charge on any atom is -0.483 e. The number of hydrogen-bond donors (Lipinski definition) is 2. The number of aromatic nitrogens is 2. The van der Waals surface area contributed by atoms with Gasteiger partial charge in [-0.15, -0.1) is 0 Å². The quantitative estimate of drug-likeness (QED) is 0.771. The summed E-state index contributed by atoms with van der Waals surface area (Å²) >= 11 is 0. The van der Waals surface area contributed by atoms with Gasteiger partial charge in [-0.3, -0.25) is 9.79 Å². The molecule has 10 heteroatoms. The lowest BCUT2D eigenvalue weighted by Crippen LogP contribution is -2.45. The molecule has 1 unspecified atom stereocenters. The molecule has 0 bridgehead atoms. The predicted octanol–water partition coefficient (Wildman–Crippen LogP) is 2.22. The summed E-state index contributed by atoms with van der Waals surface area (Å²) in [5.74, 6) is -4.33. The van der Waals surface area contributed by atoms with Gasteiger partial charge in [-0.25, -0.2) is 23.1 Å². The van der Waals surface area contributed by atoms with Crippen LogP contribution in [0.15, 0.2) is 41.9 Å². The van der Waals surface area contributed by atoms with Crippen LogP contribution < -0.4 is 5.73 Å². The van der Waals surface area contributed by atoms with Crippen LogP contribution in [0.1, 0.15) is 12.5 Å². The van der Waals surface area contributed by atoms with E-state index in [0.717, 1.165) is 13.0 Å². The average Bonchev–Trinajstić information content (AvgIpc) is 2.72. The van der Waals surface area contributed by atoms with E-state index in [9.17, 15) is 13.2 Å². The van der Waals surface area contributed by atoms with Gasteiger partial charge in [0.25, 0.3) is 12.4 Å². The van der Waals surface area contributed by atoms with Crippen molar-refractivity contribution >= 4 is 12.3 Å². The van der Waals surface area contributed by atoms with Crippen molar-refractivity contribution in [1.82, 2.24) is 9.97 Å². The van der Waals surface area contributed by atoms with Crippen molar-refractivity contribution in [2.45, 2.75) is 18.4 Å². The zero-order chi connectivity index (χ0) is 20.1. The van der Waals surface area contributed by atoms with Gasteiger partial charge in [0.15, 0.2) is 5.54 Å². The van der Waals surface area contributed by atoms with Crippen molar-refractivity contribution in [3.05, 3.63) is 48.3 Å². The number of rotatable bonds is 2. The fraction of sp³-hybridized carbons (Fsp3) is 0.294. The maximum absolute atomic E-state index is 14.6. The lowest BCUT2D eigenvalue weighted by atomic mass is 9.84. The van der Waals surface area contributed by atoms with Crippen LogP contribution in [-0.4, -0.2) is 46.5 Å². The topological polar surface area (TPSA) is 111 Å². The van der Waals surface area contributed by atoms with E-state index in [1.165, 1.54) is 30.9 Å². The monoisotopic (exact) mass is 382 g/mol. The number of carboxylic acid groups (broad SMARTS) is 1. The Morgan fingerprint density at radius 3 is 2.52 bits per heavy atom. The highest BCUT2D eigenvalue weighted by molar-refractivity contribution is 5.82. The molecule has 0 radical (unpaired) electrons. The summed E-state index contributed by atoms with van der Waals surface area (Å²) in [5, 5.41) is 6.89. The number of carbonyl (C=O) groups is 1. The van der Waals surface area contributed by atoms with Crippen molar-refractivity contribution in [3.8, 4) is 11.1 Å². The first kappa shape index (κ1) is 20.3. The van der Waals surface area contributed by atoms with Gasteiger partial charge < -0.3 is 15.6 Å². The molecule has 7 nitrogen and oxygen atoms in total. The predicted molar refractivity (Wildman–Crippen MR) is 90.9 cm³/mol. The van der Waals surface area contributed by atoms with E-state index in [1.54, 1.807) is 0 Å². The first-order valence-corrected chi connectivity index (χ1v) is 7.68. The van der Waals surface area contributed by atoms with Crippen molar-refractivity contribution in [3.63, 3.8) is 0 Å². The van der Waals surface area contributed by atoms with E-state index in [2.05, 4.69) is 15.0 Å². The minimum absolute atomic E-state index is 0.109. The first-order valence-electron chi connectivity index (χ1n) is 7.68. The molecule has 0 saturated carbocycles. The van der Waals surface area contributed by atoms with Crippen molar-refractivity contribution in [1.29, 1.82) is 0 Å². The lowest BCUT2D eigenvalue weighted by Gasteiger charge is -2.33. The van der Waals surface area contributed by atoms with Gasteiger partial charge in [-0.2, -0.15) is 0 Å². The number of nitrogens with zero attached hydrogens (tertiary/aromatic N) is 3. The molecule has 1 aliphatic heterocycles. The second kappa shape index (κ2) is 8.12. The largest absolute Gasteiger partial charge is 0.483 e. The van der Waals surface area contributed by atoms with Crippen LogP contribution in [0.4, 0.5) is 13.2 Å². The number of halogens is 3. The molecule has 3 N–H and O–H groups in total. The van der Waals surface area contributed by atoms with Crippen molar-refractivity contribution < 1.29 is 27.8 Å². The van der Waals surface area contributed by atoms with Gasteiger partial charge in [-0.1, -0.05) is 6.07 Å². The highest BCUT2D eigenvalue weighted by Gasteiger charge is 2.54. The summed E-state index contributed by atoms with van der Waals surface area (Å²) in [4.78, 5) is 20.0. The molecular weight excluding hydrogens is 365 g/mol. The smallest absolute Gasteiger partial charge is 0.299 e. The molecule has 0 aliphatic carbocycles. The normalized spacial score (nSPS) is 21.3. The number of benzene rings is 1. The average molecular weight is 382 g/mol. The number of ether oxygens (including phenoxy) is 1. The standard InChI is InChI=1S/C16H15F3N4O.CH2O2/c1-15(16(18,19)8-24-7-14(20)23-15)12-4-10(2-3-13(12)17)11-5-21-9-22-6-11;2-1-3/h2-6,9H,7-8H2,1H3,(H2,20,23);1H,(H,2,3). The maximum Gasteiger partial charge on any atom is 0.299 e. The number of nitrogens with two attached hydrogens (primary N) is 1. The summed E-state index contributed by atoms with van der Waals surface area (Å²) in [7, 11) is 0. The Balaban J connectivity index is 0.000000817. The Bertz CT molecular complexity index is 833. The fourth-order valence-electron chi connectivity index (χ4n) is 2.61. The molecule has 1 aliphatic rings. The SMILES string of the molecule is CC1(c2cc(-c3cncnc3)ccc2F)N=C(N)COCC1(F)F.O=CO. The summed E-state index contributed by atoms with van der Waals surface area (Å²) in [6.07, 6.45) is 4.37. The van der Waals surface area contributed by atoms with Crippen LogP contribution in [0.2, 0.25) is 0 Å². The number of aliphatic imine (C=N–C) groups is 1. The molecule has 2 aromatic rings. The summed E-state index contributed by atoms with van der Waals surface area (Å²) in [6.45, 7) is -0.219. The van der Waals surface area contributed by atoms with Gasteiger partial charge in [-0.05, 0) is 24.6 Å². The molecule has 3 rings (SSSR count). The molecule has 2 heterocycles. The molecule has 1 atom stereocenters. The van der Waals surface area contributed by atoms with Crippen LogP contribution in [0.25, 0.3) is 11.1 Å². The second-order valence-corrected chi connectivity index (χ2v) is 5.80. The fourth-order valence-corrected chi connectivity index (χ4v) is 2.61. The van der Waals surface area contributed by atoms with Crippen molar-refractivity contribution in [2.24, 2.45) is 10.7 Å². The van der Waals surface area contributed by atoms with E-state index in [1.807, 2.05) is 0 Å². The third kappa shape index (κ3) is 4.22. The van der Waals surface area contributed by atoms with Crippen LogP contribution in [0.3, 0.4) is 0 Å². The number of hydrogen-bond acceptors (Lipinski definition) is 6. The molecule has 1 aromatic carbocycles. The zero-order valence-corrected chi connectivity index (χ0v) is 14.3. The Morgan fingerprint density at radius 1 is 1.26 bits per heavy atom. The number of amidine groups is 1. The van der Waals surface area contributed by atoms with Crippen LogP contribution >= 0.6 is 0 Å². The highest BCUT2D eigenvalue weighted by Crippen LogP contribution is 2.44. The van der Waals surface area contributed by atoms with Gasteiger partial charge >= 0.3 is 0 Å². The molecule has 0 amide bonds. The highest BCUT2D eigenvalue weighted by atomic mass is 19.3. The van der Waals surface area contributed by atoms with E-state index in [-0.39, 0.29) is 24.5 Å². The minimum atomic E-state index is -3.43. The third-order valence-corrected chi connectivity index (χ3v) is 4.00. The Morgan fingerprint density at radius 2 is 1.89 bits per heavy atom. The molecule has 27 heavy (non-hydrogen) atoms. The molecule has 0 saturated heterocycles. The molecule has 0 spiro atoms. The Hall–Kier alpha value is -3.01. The molecule has 144 valence electrons. The molecule has 1 aromatic heterocycles. The first-order chi connectivity index (χ1) is 12.7. The maximum atomic E-state index is 14.6. The van der Waals surface area contributed by atoms with Crippen LogP contribution in [0.5, 0.6) is 0 Å². The summed E-state index contributed by atoms with van der Waals surface area (Å²) in [6, 6.07) is 3.92. The molecular formula is C17H17F3N4O3. The Labute approximate surface area is 152 Å². The van der Waals surface area contributed by atoms with Crippen LogP contribution in [0, 0.1) is 5.82 Å². The van der Waals surface area contributed by atoms with Gasteiger partial charge in [0.05, 0.1) is 0 Å².